The number of nitrogens with one attached hydrogen (secondary N) is 3. The molecule has 290 valence electrons. The Balaban J connectivity index is 0.000000174. The first-order chi connectivity index (χ1) is 27.3. The summed E-state index contributed by atoms with van der Waals surface area (Å²) < 4.78 is 40.0. The molecule has 2 atom stereocenters. The second kappa shape index (κ2) is 15.6. The minimum absolute atomic E-state index is 0.0000473. The zero-order valence-electron chi connectivity index (χ0n) is 30.2. The monoisotopic (exact) mass is 776 g/mol. The summed E-state index contributed by atoms with van der Waals surface area (Å²) >= 11 is 0. The molecule has 2 saturated carbocycles. The number of aliphatic hydroxyl groups excluding tert-OH is 1. The third kappa shape index (κ3) is 8.48. The summed E-state index contributed by atoms with van der Waals surface area (Å²) in [5, 5.41) is 28.8. The maximum atomic E-state index is 13.3. The number of urea groups is 1. The van der Waals surface area contributed by atoms with Gasteiger partial charge in [0, 0.05) is 65.1 Å². The predicted octanol–water partition coefficient (Wildman–Crippen LogP) is 5.87. The van der Waals surface area contributed by atoms with Crippen molar-refractivity contribution < 1.29 is 27.9 Å². The van der Waals surface area contributed by atoms with Crippen molar-refractivity contribution in [2.75, 3.05) is 22.1 Å². The number of hydrogen-bond donors (Lipinski definition) is 6. The molecule has 6 heterocycles. The summed E-state index contributed by atoms with van der Waals surface area (Å²) in [5.41, 5.74) is 13.8. The maximum Gasteiger partial charge on any atom is 0.417 e. The number of aryl methyl sites for hydroxylation is 1. The Kier molecular flexibility index (Phi) is 10.5. The molecule has 6 aromatic heterocycles. The van der Waals surface area contributed by atoms with Gasteiger partial charge in [-0.2, -0.15) is 18.4 Å². The summed E-state index contributed by atoms with van der Waals surface area (Å²) in [4.78, 5) is 49.1. The highest BCUT2D eigenvalue weighted by atomic mass is 19.4. The molecule has 0 spiro atoms. The van der Waals surface area contributed by atoms with Crippen LogP contribution in [0.25, 0.3) is 44.1 Å². The minimum Gasteiger partial charge on any atom is -0.393 e. The van der Waals surface area contributed by atoms with Crippen LogP contribution in [0.15, 0.2) is 73.6 Å². The van der Waals surface area contributed by atoms with Gasteiger partial charge in [-0.15, -0.1) is 0 Å². The van der Waals surface area contributed by atoms with Crippen molar-refractivity contribution in [2.45, 2.75) is 50.9 Å². The van der Waals surface area contributed by atoms with E-state index in [9.17, 15) is 27.9 Å². The molecular weight excluding hydrogens is 742 g/mol. The van der Waals surface area contributed by atoms with Gasteiger partial charge in [-0.1, -0.05) is 6.92 Å². The van der Waals surface area contributed by atoms with Gasteiger partial charge in [0.05, 0.1) is 41.0 Å². The van der Waals surface area contributed by atoms with Crippen LogP contribution in [-0.2, 0) is 17.4 Å². The fourth-order valence-electron chi connectivity index (χ4n) is 6.46. The fraction of sp³-hybridized carbons (Fsp3) is 0.256. The van der Waals surface area contributed by atoms with E-state index < -0.39 is 11.7 Å². The highest BCUT2D eigenvalue weighted by Crippen LogP contribution is 2.39. The number of aromatic nitrogens is 6. The van der Waals surface area contributed by atoms with Crippen molar-refractivity contribution in [2.24, 2.45) is 11.8 Å². The number of hydrogen-bond acceptors (Lipinski definition) is 12. The number of amides is 3. The third-order valence-electron chi connectivity index (χ3n) is 9.70. The predicted molar refractivity (Wildman–Crippen MR) is 206 cm³/mol. The van der Waals surface area contributed by atoms with E-state index in [0.717, 1.165) is 52.5 Å². The van der Waals surface area contributed by atoms with E-state index in [2.05, 4.69) is 52.8 Å². The van der Waals surface area contributed by atoms with Crippen LogP contribution in [0.1, 0.15) is 37.3 Å². The number of nitrogen functional groups attached to an aromatic ring is 2. The van der Waals surface area contributed by atoms with Gasteiger partial charge in [0.2, 0.25) is 5.91 Å². The number of carbonyl (C=O) groups is 2. The van der Waals surface area contributed by atoms with E-state index in [-0.39, 0.29) is 58.8 Å². The smallest absolute Gasteiger partial charge is 0.393 e. The topological polar surface area (TPSA) is 244 Å². The Morgan fingerprint density at radius 2 is 1.44 bits per heavy atom. The Morgan fingerprint density at radius 3 is 2.00 bits per heavy atom. The van der Waals surface area contributed by atoms with E-state index in [1.807, 2.05) is 18.2 Å². The molecule has 2 fully saturated rings. The van der Waals surface area contributed by atoms with Gasteiger partial charge >= 0.3 is 12.2 Å². The van der Waals surface area contributed by atoms with Crippen LogP contribution in [-0.4, -0.2) is 59.1 Å². The zero-order valence-corrected chi connectivity index (χ0v) is 30.2. The Labute approximate surface area is 322 Å². The van der Waals surface area contributed by atoms with Crippen molar-refractivity contribution in [1.82, 2.24) is 35.2 Å². The van der Waals surface area contributed by atoms with Gasteiger partial charge in [-0.05, 0) is 78.4 Å². The highest BCUT2D eigenvalue weighted by molar-refractivity contribution is 5.99. The Morgan fingerprint density at radius 1 is 0.860 bits per heavy atom. The lowest BCUT2D eigenvalue weighted by atomic mass is 9.90. The quantitative estimate of drug-likeness (QED) is 0.111. The van der Waals surface area contributed by atoms with E-state index in [1.165, 1.54) is 18.3 Å². The second-order valence-electron chi connectivity index (χ2n) is 13.7. The lowest BCUT2D eigenvalue weighted by Crippen LogP contribution is -2.48. The van der Waals surface area contributed by atoms with Gasteiger partial charge in [0.1, 0.15) is 23.3 Å². The van der Waals surface area contributed by atoms with Gasteiger partial charge in [-0.3, -0.25) is 20.1 Å². The lowest BCUT2D eigenvalue weighted by molar-refractivity contribution is -0.137. The van der Waals surface area contributed by atoms with Gasteiger partial charge in [-0.25, -0.2) is 24.7 Å². The molecular formula is C39H35F3N12O3. The molecule has 57 heavy (non-hydrogen) atoms. The molecule has 15 nitrogen and oxygen atoms in total. The number of nitrogens with two attached hydrogens (primary N) is 2. The molecule has 0 bridgehead atoms. The van der Waals surface area contributed by atoms with E-state index in [0.29, 0.717) is 41.7 Å². The van der Waals surface area contributed by atoms with Crippen LogP contribution in [0.3, 0.4) is 0 Å². The average molecular weight is 777 g/mol. The van der Waals surface area contributed by atoms with Gasteiger partial charge in [0.15, 0.2) is 0 Å². The molecule has 2 aliphatic carbocycles. The minimum atomic E-state index is -4.58. The number of anilines is 4. The number of nitriles is 1. The van der Waals surface area contributed by atoms with Gasteiger partial charge in [0.25, 0.3) is 0 Å². The molecule has 6 aromatic rings. The maximum absolute atomic E-state index is 13.3. The fourth-order valence-corrected chi connectivity index (χ4v) is 6.46. The van der Waals surface area contributed by atoms with E-state index in [1.54, 1.807) is 24.7 Å². The molecule has 8 rings (SSSR count). The number of halogens is 3. The molecule has 0 unspecified atom stereocenters. The summed E-state index contributed by atoms with van der Waals surface area (Å²) in [6, 6.07) is 11.2. The van der Waals surface area contributed by atoms with Crippen molar-refractivity contribution in [3.8, 4) is 28.6 Å². The van der Waals surface area contributed by atoms with Crippen LogP contribution in [0, 0.1) is 23.2 Å². The number of aliphatic hydroxyl groups is 1. The summed E-state index contributed by atoms with van der Waals surface area (Å²) in [5.74, 6) is 0.0241. The van der Waals surface area contributed by atoms with Crippen molar-refractivity contribution >= 4 is 56.8 Å². The van der Waals surface area contributed by atoms with Crippen LogP contribution in [0.5, 0.6) is 0 Å². The average Bonchev–Trinajstić information content (AvgIpc) is 3.97. The van der Waals surface area contributed by atoms with Crippen molar-refractivity contribution in [1.29, 1.82) is 5.26 Å². The molecule has 8 N–H and O–H groups in total. The highest BCUT2D eigenvalue weighted by Gasteiger charge is 2.43. The summed E-state index contributed by atoms with van der Waals surface area (Å²) in [6.07, 6.45) is 6.29. The number of rotatable bonds is 7. The second-order valence-corrected chi connectivity index (χ2v) is 13.7. The van der Waals surface area contributed by atoms with Crippen molar-refractivity contribution in [3.05, 3.63) is 84.7 Å². The third-order valence-corrected chi connectivity index (χ3v) is 9.70. The first-order valence-corrected chi connectivity index (χ1v) is 17.8. The molecule has 0 saturated heterocycles. The molecule has 0 radical (unpaired) electrons. The normalized spacial score (nSPS) is 18.4. The first-order valence-electron chi connectivity index (χ1n) is 17.8. The van der Waals surface area contributed by atoms with Crippen molar-refractivity contribution in [3.63, 3.8) is 0 Å². The summed E-state index contributed by atoms with van der Waals surface area (Å²) in [7, 11) is 0. The number of nitrogens with zero attached hydrogens (tertiary/aromatic N) is 7. The lowest BCUT2D eigenvalue weighted by Gasteiger charge is -2.31. The molecule has 0 aromatic carbocycles. The first kappa shape index (κ1) is 38.3. The molecule has 0 aliphatic heterocycles. The number of carbonyl (C=O) groups excluding carboxylic acids is 2. The van der Waals surface area contributed by atoms with Crippen LogP contribution in [0.4, 0.5) is 41.2 Å². The molecule has 18 heteroatoms. The molecule has 2 aliphatic rings. The number of fused-ring (bicyclic) bond motifs is 2. The largest absolute Gasteiger partial charge is 0.417 e. The van der Waals surface area contributed by atoms with E-state index in [4.69, 9.17) is 16.7 Å². The van der Waals surface area contributed by atoms with Crippen LogP contribution in [0.2, 0.25) is 0 Å². The van der Waals surface area contributed by atoms with E-state index >= 15 is 0 Å². The SMILES string of the molecule is CCc1ccncc1-c1cc2cc(NC(=O)N[C@H]3C[C@@H](O)C3)ncc2c(N)n1.N#C[C@@H]1C[C@H]1C(=O)Nc1cc2cc(-c3cnccc3C(F)(F)F)nc(N)c2cn1. The Hall–Kier alpha value is -7.00. The zero-order chi connectivity index (χ0) is 40.4. The van der Waals surface area contributed by atoms with Crippen LogP contribution >= 0.6 is 0 Å². The summed E-state index contributed by atoms with van der Waals surface area (Å²) in [6.45, 7) is 2.08. The van der Waals surface area contributed by atoms with Gasteiger partial charge < -0.3 is 27.2 Å². The number of pyridine rings is 6. The Bertz CT molecular complexity index is 2560. The standard InChI is InChI=1S/C20H22N6O2.C19H13F3N6O/c1-2-11-3-4-22-9-15(11)17-5-12-6-18(23-10-16(12)19(21)25-17)26-20(28)24-13-7-14(27)8-13;20-19(21,22)14-1-2-25-7-13(14)15-4-9-5-16(26-8-12(9)17(24)27-15)28-18(29)11-3-10(11)6-23/h3-6,9-10,13-14,27H,2,7-8H2,1H3,(H2,21,25)(H2,23,24,26,28);1-2,4-5,7-8,10-11H,3H2,(H2,24,27)(H,26,28,29)/t13-,14+;10-,11+/m.0/s1. The molecule has 3 amide bonds. The van der Waals surface area contributed by atoms with Crippen LogP contribution < -0.4 is 27.4 Å². The number of alkyl halides is 3.